The van der Waals surface area contributed by atoms with Gasteiger partial charge >= 0.3 is 0 Å². The zero-order valence-corrected chi connectivity index (χ0v) is 12.8. The molecular weight excluding hydrogens is 244 g/mol. The summed E-state index contributed by atoms with van der Waals surface area (Å²) in [5.74, 6) is 0. The molecular formula is C15H29ClN2. The van der Waals surface area contributed by atoms with E-state index in [1.54, 1.807) is 0 Å². The lowest BCUT2D eigenvalue weighted by molar-refractivity contribution is -0.671. The van der Waals surface area contributed by atoms with Gasteiger partial charge in [-0.25, -0.2) is 9.13 Å². The smallest absolute Gasteiger partial charge is 0.243 e. The van der Waals surface area contributed by atoms with E-state index in [4.69, 9.17) is 0 Å². The van der Waals surface area contributed by atoms with Crippen molar-refractivity contribution in [2.45, 2.75) is 71.3 Å². The molecule has 0 N–H and O–H groups in total. The third kappa shape index (κ3) is 8.57. The molecule has 0 radical (unpaired) electrons. The third-order valence-electron chi connectivity index (χ3n) is 3.34. The molecule has 1 heterocycles. The first-order valence-electron chi connectivity index (χ1n) is 7.34. The van der Waals surface area contributed by atoms with Gasteiger partial charge in [0.25, 0.3) is 0 Å². The second-order valence-electron chi connectivity index (χ2n) is 5.15. The minimum absolute atomic E-state index is 0. The molecule has 0 atom stereocenters. The molecule has 106 valence electrons. The normalized spacial score (nSPS) is 10.3. The predicted octanol–water partition coefficient (Wildman–Crippen LogP) is 0.847. The van der Waals surface area contributed by atoms with E-state index in [1.807, 2.05) is 0 Å². The Morgan fingerprint density at radius 1 is 0.889 bits per heavy atom. The molecule has 0 unspecified atom stereocenters. The molecule has 0 bridgehead atoms. The Hall–Kier alpha value is -0.500. The van der Waals surface area contributed by atoms with Crippen LogP contribution in [-0.4, -0.2) is 4.57 Å². The molecule has 0 saturated heterocycles. The molecule has 1 aromatic heterocycles. The molecule has 0 fully saturated rings. The molecule has 0 spiro atoms. The summed E-state index contributed by atoms with van der Waals surface area (Å²) in [4.78, 5) is 0. The molecule has 0 amide bonds. The molecule has 1 aromatic rings. The standard InChI is InChI=1S/C15H29N2.ClH/c1-3-4-5-6-7-8-9-10-11-12-17-14-13-16(2)15-17;/h13-15H,3-12H2,1-2H3;1H/q+1;/p-1. The van der Waals surface area contributed by atoms with E-state index < -0.39 is 0 Å². The summed E-state index contributed by atoms with van der Waals surface area (Å²) in [6.07, 6.45) is 19.1. The van der Waals surface area contributed by atoms with Gasteiger partial charge in [-0.2, -0.15) is 0 Å². The average Bonchev–Trinajstić information content (AvgIpc) is 2.73. The molecule has 0 aliphatic heterocycles. The highest BCUT2D eigenvalue weighted by Crippen LogP contribution is 2.09. The predicted molar refractivity (Wildman–Crippen MR) is 72.8 cm³/mol. The molecule has 0 aliphatic rings. The zero-order chi connectivity index (χ0) is 12.3. The first-order chi connectivity index (χ1) is 8.33. The van der Waals surface area contributed by atoms with Gasteiger partial charge in [0.05, 0.1) is 13.6 Å². The van der Waals surface area contributed by atoms with Crippen molar-refractivity contribution >= 4 is 0 Å². The highest BCUT2D eigenvalue weighted by molar-refractivity contribution is 4.65. The molecule has 0 aromatic carbocycles. The summed E-state index contributed by atoms with van der Waals surface area (Å²) in [6, 6.07) is 0. The van der Waals surface area contributed by atoms with E-state index in [9.17, 15) is 0 Å². The van der Waals surface area contributed by atoms with Crippen LogP contribution in [0, 0.1) is 0 Å². The number of halogens is 1. The fraction of sp³-hybridized carbons (Fsp3) is 0.800. The molecule has 0 saturated carbocycles. The number of hydrogen-bond donors (Lipinski definition) is 0. The third-order valence-corrected chi connectivity index (χ3v) is 3.34. The maximum atomic E-state index is 2.28. The maximum absolute atomic E-state index is 2.28. The van der Waals surface area contributed by atoms with E-state index in [-0.39, 0.29) is 12.4 Å². The highest BCUT2D eigenvalue weighted by atomic mass is 35.5. The average molecular weight is 273 g/mol. The Kier molecular flexibility index (Phi) is 11.3. The van der Waals surface area contributed by atoms with Crippen LogP contribution < -0.4 is 17.0 Å². The zero-order valence-electron chi connectivity index (χ0n) is 12.1. The number of nitrogens with zero attached hydrogens (tertiary/aromatic N) is 2. The summed E-state index contributed by atoms with van der Waals surface area (Å²) >= 11 is 0. The van der Waals surface area contributed by atoms with Crippen molar-refractivity contribution in [1.82, 2.24) is 4.57 Å². The van der Waals surface area contributed by atoms with Crippen LogP contribution in [0.4, 0.5) is 0 Å². The molecule has 0 aliphatic carbocycles. The second kappa shape index (κ2) is 11.6. The van der Waals surface area contributed by atoms with Crippen LogP contribution in [0.15, 0.2) is 18.7 Å². The minimum Gasteiger partial charge on any atom is -1.00 e. The van der Waals surface area contributed by atoms with Crippen molar-refractivity contribution in [3.8, 4) is 0 Å². The van der Waals surface area contributed by atoms with Crippen LogP contribution in [-0.2, 0) is 13.6 Å². The quantitative estimate of drug-likeness (QED) is 0.441. The van der Waals surface area contributed by atoms with Gasteiger partial charge in [0.2, 0.25) is 6.33 Å². The van der Waals surface area contributed by atoms with Crippen LogP contribution in [0.1, 0.15) is 64.7 Å². The summed E-state index contributed by atoms with van der Waals surface area (Å²) in [5, 5.41) is 0. The van der Waals surface area contributed by atoms with Crippen molar-refractivity contribution in [2.24, 2.45) is 7.05 Å². The minimum atomic E-state index is 0. The Bertz CT molecular complexity index is 284. The van der Waals surface area contributed by atoms with Crippen LogP contribution in [0.25, 0.3) is 0 Å². The first-order valence-corrected chi connectivity index (χ1v) is 7.34. The summed E-state index contributed by atoms with van der Waals surface area (Å²) in [6.45, 7) is 3.46. The lowest BCUT2D eigenvalue weighted by atomic mass is 10.1. The monoisotopic (exact) mass is 272 g/mol. The highest BCUT2D eigenvalue weighted by Gasteiger charge is 1.99. The van der Waals surface area contributed by atoms with Crippen LogP contribution in [0.2, 0.25) is 0 Å². The van der Waals surface area contributed by atoms with Crippen molar-refractivity contribution in [3.05, 3.63) is 18.7 Å². The second-order valence-corrected chi connectivity index (χ2v) is 5.15. The SMILES string of the molecule is CCCCCCCCCCCn1cc[n+](C)c1.[Cl-]. The number of aryl methyl sites for hydroxylation is 2. The largest absolute Gasteiger partial charge is 1.00 e. The number of unbranched alkanes of at least 4 members (excludes halogenated alkanes) is 8. The van der Waals surface area contributed by atoms with Crippen LogP contribution >= 0.6 is 0 Å². The van der Waals surface area contributed by atoms with Gasteiger partial charge in [0.1, 0.15) is 12.4 Å². The first kappa shape index (κ1) is 17.5. The number of hydrogen-bond acceptors (Lipinski definition) is 0. The summed E-state index contributed by atoms with van der Waals surface area (Å²) in [7, 11) is 2.08. The molecule has 2 nitrogen and oxygen atoms in total. The lowest BCUT2D eigenvalue weighted by Crippen LogP contribution is -3.00. The number of imidazole rings is 1. The van der Waals surface area contributed by atoms with Gasteiger partial charge in [-0.15, -0.1) is 0 Å². The molecule has 1 rings (SSSR count). The van der Waals surface area contributed by atoms with Crippen molar-refractivity contribution in [3.63, 3.8) is 0 Å². The van der Waals surface area contributed by atoms with Crippen LogP contribution in [0.5, 0.6) is 0 Å². The fourth-order valence-electron chi connectivity index (χ4n) is 2.24. The van der Waals surface area contributed by atoms with Crippen molar-refractivity contribution < 1.29 is 17.0 Å². The van der Waals surface area contributed by atoms with E-state index in [0.29, 0.717) is 0 Å². The fourth-order valence-corrected chi connectivity index (χ4v) is 2.24. The summed E-state index contributed by atoms with van der Waals surface area (Å²) < 4.78 is 4.38. The molecule has 3 heteroatoms. The van der Waals surface area contributed by atoms with Gasteiger partial charge in [-0.1, -0.05) is 51.9 Å². The Balaban J connectivity index is 0.00000289. The van der Waals surface area contributed by atoms with Crippen LogP contribution in [0.3, 0.4) is 0 Å². The lowest BCUT2D eigenvalue weighted by Gasteiger charge is -2.00. The van der Waals surface area contributed by atoms with Gasteiger partial charge in [-0.3, -0.25) is 0 Å². The Morgan fingerprint density at radius 2 is 1.44 bits per heavy atom. The number of aromatic nitrogens is 2. The van der Waals surface area contributed by atoms with Gasteiger partial charge in [-0.05, 0) is 12.8 Å². The number of rotatable bonds is 10. The Morgan fingerprint density at radius 3 is 1.94 bits per heavy atom. The Labute approximate surface area is 119 Å². The topological polar surface area (TPSA) is 8.81 Å². The van der Waals surface area contributed by atoms with Gasteiger partial charge < -0.3 is 12.4 Å². The van der Waals surface area contributed by atoms with Gasteiger partial charge in [0.15, 0.2) is 0 Å². The van der Waals surface area contributed by atoms with E-state index in [0.717, 1.165) is 0 Å². The summed E-state index contributed by atoms with van der Waals surface area (Å²) in [5.41, 5.74) is 0. The van der Waals surface area contributed by atoms with Crippen molar-refractivity contribution in [1.29, 1.82) is 0 Å². The maximum Gasteiger partial charge on any atom is 0.243 e. The molecule has 18 heavy (non-hydrogen) atoms. The van der Waals surface area contributed by atoms with Gasteiger partial charge in [0, 0.05) is 0 Å². The van der Waals surface area contributed by atoms with E-state index in [1.165, 1.54) is 64.3 Å². The van der Waals surface area contributed by atoms with E-state index >= 15 is 0 Å². The van der Waals surface area contributed by atoms with E-state index in [2.05, 4.69) is 41.8 Å². The van der Waals surface area contributed by atoms with Crippen molar-refractivity contribution in [2.75, 3.05) is 0 Å².